The molecule has 0 radical (unpaired) electrons. The summed E-state index contributed by atoms with van der Waals surface area (Å²) in [6.45, 7) is 1.68. The van der Waals surface area contributed by atoms with Gasteiger partial charge in [-0.25, -0.2) is 4.79 Å². The Bertz CT molecular complexity index is 662. The van der Waals surface area contributed by atoms with E-state index in [9.17, 15) is 4.79 Å². The van der Waals surface area contributed by atoms with Gasteiger partial charge in [0.15, 0.2) is 0 Å². The summed E-state index contributed by atoms with van der Waals surface area (Å²) in [4.78, 5) is 14.1. The van der Waals surface area contributed by atoms with Crippen molar-refractivity contribution >= 4 is 5.97 Å². The lowest BCUT2D eigenvalue weighted by molar-refractivity contribution is 0.0561. The van der Waals surface area contributed by atoms with E-state index in [-0.39, 0.29) is 0 Å². The zero-order valence-corrected chi connectivity index (χ0v) is 13.5. The van der Waals surface area contributed by atoms with Crippen molar-refractivity contribution in [3.05, 3.63) is 53.5 Å². The maximum Gasteiger partial charge on any atom is 0.374 e. The van der Waals surface area contributed by atoms with Crippen molar-refractivity contribution in [2.45, 2.75) is 25.4 Å². The highest BCUT2D eigenvalue weighted by Crippen LogP contribution is 2.34. The van der Waals surface area contributed by atoms with Crippen LogP contribution in [0.15, 0.2) is 41.0 Å². The fourth-order valence-corrected chi connectivity index (χ4v) is 3.17. The molecule has 0 N–H and O–H groups in total. The molecule has 0 amide bonds. The van der Waals surface area contributed by atoms with Crippen LogP contribution in [0.25, 0.3) is 0 Å². The number of benzene rings is 1. The molecule has 1 unspecified atom stereocenters. The molecule has 1 aliphatic rings. The Kier molecular flexibility index (Phi) is 4.67. The van der Waals surface area contributed by atoms with Gasteiger partial charge in [-0.1, -0.05) is 12.1 Å². The van der Waals surface area contributed by atoms with Gasteiger partial charge in [0.1, 0.15) is 5.75 Å². The van der Waals surface area contributed by atoms with Crippen molar-refractivity contribution in [1.29, 1.82) is 0 Å². The number of methoxy groups -OCH3 is 2. The van der Waals surface area contributed by atoms with Gasteiger partial charge in [0.05, 0.1) is 20.5 Å². The van der Waals surface area contributed by atoms with Crippen molar-refractivity contribution < 1.29 is 18.7 Å². The third kappa shape index (κ3) is 3.24. The second kappa shape index (κ2) is 6.87. The van der Waals surface area contributed by atoms with E-state index in [0.717, 1.165) is 30.7 Å². The summed E-state index contributed by atoms with van der Waals surface area (Å²) in [5.41, 5.74) is 2.14. The van der Waals surface area contributed by atoms with E-state index < -0.39 is 5.97 Å². The summed E-state index contributed by atoms with van der Waals surface area (Å²) >= 11 is 0. The molecule has 1 aromatic heterocycles. The van der Waals surface area contributed by atoms with Crippen molar-refractivity contribution in [2.75, 3.05) is 20.8 Å². The van der Waals surface area contributed by atoms with Gasteiger partial charge in [-0.15, -0.1) is 0 Å². The number of carbonyl (C=O) groups is 1. The molecule has 5 nitrogen and oxygen atoms in total. The highest BCUT2D eigenvalue weighted by atomic mass is 16.5. The summed E-state index contributed by atoms with van der Waals surface area (Å²) in [5, 5.41) is 0. The van der Waals surface area contributed by atoms with E-state index in [0.29, 0.717) is 18.3 Å². The normalized spacial score (nSPS) is 18.1. The molecule has 1 aromatic carbocycles. The Morgan fingerprint density at radius 1 is 1.26 bits per heavy atom. The number of nitrogens with zero attached hydrogens (tertiary/aromatic N) is 1. The molecule has 2 aromatic rings. The van der Waals surface area contributed by atoms with Gasteiger partial charge in [-0.2, -0.15) is 0 Å². The topological polar surface area (TPSA) is 51.9 Å². The lowest BCUT2D eigenvalue weighted by Gasteiger charge is -2.24. The van der Waals surface area contributed by atoms with Crippen LogP contribution in [0.1, 0.15) is 40.6 Å². The SMILES string of the molecule is COC(=O)c1occc1CN1CCCC1c1ccc(OC)cc1. The maximum absolute atomic E-state index is 11.7. The predicted octanol–water partition coefficient (Wildman–Crippen LogP) is 3.41. The van der Waals surface area contributed by atoms with Crippen molar-refractivity contribution in [3.8, 4) is 5.75 Å². The van der Waals surface area contributed by atoms with E-state index in [1.165, 1.54) is 12.7 Å². The summed E-state index contributed by atoms with van der Waals surface area (Å²) in [7, 11) is 3.04. The number of hydrogen-bond acceptors (Lipinski definition) is 5. The number of rotatable bonds is 5. The van der Waals surface area contributed by atoms with Crippen LogP contribution in [-0.4, -0.2) is 31.6 Å². The van der Waals surface area contributed by atoms with E-state index in [2.05, 4.69) is 17.0 Å². The molecule has 1 fully saturated rings. The molecule has 3 rings (SSSR count). The first kappa shape index (κ1) is 15.6. The highest BCUT2D eigenvalue weighted by molar-refractivity contribution is 5.87. The van der Waals surface area contributed by atoms with Crippen LogP contribution in [0.4, 0.5) is 0 Å². The van der Waals surface area contributed by atoms with Crippen molar-refractivity contribution in [2.24, 2.45) is 0 Å². The molecule has 0 spiro atoms. The number of carbonyl (C=O) groups excluding carboxylic acids is 1. The maximum atomic E-state index is 11.7. The minimum absolute atomic E-state index is 0.299. The monoisotopic (exact) mass is 315 g/mol. The Balaban J connectivity index is 1.77. The van der Waals surface area contributed by atoms with Crippen molar-refractivity contribution in [3.63, 3.8) is 0 Å². The minimum atomic E-state index is -0.426. The van der Waals surface area contributed by atoms with Gasteiger partial charge < -0.3 is 13.9 Å². The second-order valence-corrected chi connectivity index (χ2v) is 5.67. The first-order chi connectivity index (χ1) is 11.2. The molecule has 23 heavy (non-hydrogen) atoms. The van der Waals surface area contributed by atoms with Gasteiger partial charge in [0.25, 0.3) is 0 Å². The smallest absolute Gasteiger partial charge is 0.374 e. The molecule has 1 saturated heterocycles. The van der Waals surface area contributed by atoms with E-state index in [4.69, 9.17) is 13.9 Å². The molecule has 2 heterocycles. The molecule has 1 atom stereocenters. The summed E-state index contributed by atoms with van der Waals surface area (Å²) in [6, 6.07) is 10.4. The van der Waals surface area contributed by atoms with Crippen LogP contribution in [0.2, 0.25) is 0 Å². The Hall–Kier alpha value is -2.27. The van der Waals surface area contributed by atoms with Gasteiger partial charge in [-0.3, -0.25) is 4.90 Å². The molecular formula is C18H21NO4. The average molecular weight is 315 g/mol. The van der Waals surface area contributed by atoms with Crippen LogP contribution < -0.4 is 4.74 Å². The van der Waals surface area contributed by atoms with Gasteiger partial charge in [0, 0.05) is 18.2 Å². The van der Waals surface area contributed by atoms with Crippen LogP contribution in [0.5, 0.6) is 5.75 Å². The molecule has 1 aliphatic heterocycles. The van der Waals surface area contributed by atoms with Crippen LogP contribution in [-0.2, 0) is 11.3 Å². The highest BCUT2D eigenvalue weighted by Gasteiger charge is 2.28. The molecule has 0 bridgehead atoms. The van der Waals surface area contributed by atoms with Crippen LogP contribution in [0, 0.1) is 0 Å². The number of ether oxygens (including phenoxy) is 2. The standard InChI is InChI=1S/C18H21NO4/c1-21-15-7-5-13(6-8-15)16-4-3-10-19(16)12-14-9-11-23-17(14)18(20)22-2/h5-9,11,16H,3-4,10,12H2,1-2H3. The fourth-order valence-electron chi connectivity index (χ4n) is 3.17. The van der Waals surface area contributed by atoms with Crippen molar-refractivity contribution in [1.82, 2.24) is 4.90 Å². The molecular weight excluding hydrogens is 294 g/mol. The third-order valence-electron chi connectivity index (χ3n) is 4.36. The first-order valence-electron chi connectivity index (χ1n) is 7.75. The van der Waals surface area contributed by atoms with Crippen LogP contribution in [0.3, 0.4) is 0 Å². The van der Waals surface area contributed by atoms with E-state index in [1.54, 1.807) is 13.4 Å². The number of likely N-dealkylation sites (tertiary alicyclic amines) is 1. The van der Waals surface area contributed by atoms with E-state index in [1.807, 2.05) is 18.2 Å². The van der Waals surface area contributed by atoms with Gasteiger partial charge >= 0.3 is 5.97 Å². The predicted molar refractivity (Wildman–Crippen MR) is 85.4 cm³/mol. The third-order valence-corrected chi connectivity index (χ3v) is 4.36. The summed E-state index contributed by atoms with van der Waals surface area (Å²) in [6.07, 6.45) is 3.79. The Morgan fingerprint density at radius 3 is 2.74 bits per heavy atom. The first-order valence-corrected chi connectivity index (χ1v) is 7.75. The molecule has 0 saturated carbocycles. The molecule has 0 aliphatic carbocycles. The second-order valence-electron chi connectivity index (χ2n) is 5.67. The lowest BCUT2D eigenvalue weighted by Crippen LogP contribution is -2.23. The van der Waals surface area contributed by atoms with Gasteiger partial charge in [-0.05, 0) is 43.1 Å². The molecule has 5 heteroatoms. The van der Waals surface area contributed by atoms with E-state index >= 15 is 0 Å². The average Bonchev–Trinajstić information content (AvgIpc) is 3.24. The number of furan rings is 1. The summed E-state index contributed by atoms with van der Waals surface area (Å²) < 4.78 is 15.3. The van der Waals surface area contributed by atoms with Gasteiger partial charge in [0.2, 0.25) is 5.76 Å². The van der Waals surface area contributed by atoms with Crippen LogP contribution >= 0.6 is 0 Å². The zero-order valence-electron chi connectivity index (χ0n) is 13.5. The summed E-state index contributed by atoms with van der Waals surface area (Å²) in [5.74, 6) is 0.735. The zero-order chi connectivity index (χ0) is 16.2. The fraction of sp³-hybridized carbons (Fsp3) is 0.389. The number of hydrogen-bond donors (Lipinski definition) is 0. The largest absolute Gasteiger partial charge is 0.497 e. The minimum Gasteiger partial charge on any atom is -0.497 e. The quantitative estimate of drug-likeness (QED) is 0.791. The Morgan fingerprint density at radius 2 is 2.04 bits per heavy atom. The number of esters is 1. The lowest BCUT2D eigenvalue weighted by atomic mass is 10.0. The molecule has 122 valence electrons. The Labute approximate surface area is 135 Å².